The predicted octanol–water partition coefficient (Wildman–Crippen LogP) is -10.1. The number of anilines is 4. The van der Waals surface area contributed by atoms with Gasteiger partial charge in [-0.25, -0.2) is 23.0 Å². The third-order valence-electron chi connectivity index (χ3n) is 9.92. The molecule has 0 heterocycles. The molecule has 1 amide bonds. The van der Waals surface area contributed by atoms with E-state index in [0.29, 0.717) is 50.6 Å². The zero-order valence-electron chi connectivity index (χ0n) is 91.7. The number of carbonyl (C=O) groups is 1. The molecule has 0 fully saturated rings. The number of likely N-dealkylation sites (N-methyl/N-ethyl adjacent to an activating group) is 1. The predicted molar refractivity (Wildman–Crippen MR) is 581 cm³/mol. The summed E-state index contributed by atoms with van der Waals surface area (Å²) in [6.45, 7) is 5.90. The third kappa shape index (κ3) is 227. The first-order chi connectivity index (χ1) is 58.4. The molecule has 123 heavy (non-hydrogen) atoms. The summed E-state index contributed by atoms with van der Waals surface area (Å²) in [5.74, 6) is 6.99. The van der Waals surface area contributed by atoms with Crippen LogP contribution in [0, 0.1) is 54.5 Å². The van der Waals surface area contributed by atoms with Crippen molar-refractivity contribution in [1.82, 2.24) is 5.06 Å². The third-order valence-corrected chi connectivity index (χ3v) is 9.92. The molecule has 0 unspecified atom stereocenters. The van der Waals surface area contributed by atoms with Gasteiger partial charge in [-0.15, -0.1) is 31.7 Å². The first kappa shape index (κ1) is 263. The zero-order chi connectivity index (χ0) is 100. The second-order valence-corrected chi connectivity index (χ2v) is 14.9. The number of nitrogens with two attached hydrogens (primary N) is 1. The summed E-state index contributed by atoms with van der Waals surface area (Å²) in [7, 11) is 4.71. The number of halogens is 4. The topological polar surface area (TPSA) is 104 Å². The molecule has 0 aromatic heterocycles. The maximum atomic E-state index is 13.0. The van der Waals surface area contributed by atoms with Gasteiger partial charge in [0.15, 0.2) is 0 Å². The van der Waals surface area contributed by atoms with Gasteiger partial charge < -0.3 is 26.6 Å². The van der Waals surface area contributed by atoms with Crippen molar-refractivity contribution in [1.29, 1.82) is 0 Å². The van der Waals surface area contributed by atoms with Gasteiger partial charge in [0.2, 0.25) is 12.0 Å². The Morgan fingerprint density at radius 3 is 0.715 bits per heavy atom. The van der Waals surface area contributed by atoms with Crippen LogP contribution in [0.4, 0.5) is 41.6 Å². The van der Waals surface area contributed by atoms with E-state index in [1.165, 1.54) is 1630 Å². The van der Waals surface area contributed by atoms with Crippen LogP contribution in [-0.2, 0) is 45.2 Å². The van der Waals surface area contributed by atoms with E-state index in [0.717, 1.165) is 45.9 Å². The van der Waals surface area contributed by atoms with Crippen molar-refractivity contribution < 1.29 is 85.1 Å². The summed E-state index contributed by atoms with van der Waals surface area (Å²) in [6.07, 6.45) is 18.0. The molecular weight excluding hydrogens is 2930 g/mol. The Morgan fingerprint density at radius 2 is 0.545 bits per heavy atom. The number of amides is 1. The minimum atomic E-state index is -0.265. The van der Waals surface area contributed by atoms with E-state index in [-0.39, 0.29) is 110 Å². The van der Waals surface area contributed by atoms with Crippen LogP contribution in [0.2, 0.25) is 0 Å². The van der Waals surface area contributed by atoms with Gasteiger partial charge in [-0.05, 0) is 126 Å². The van der Waals surface area contributed by atoms with Crippen LogP contribution in [0.1, 0.15) is 45.5 Å². The second-order valence-electron chi connectivity index (χ2n) is 14.9. The molecule has 0 saturated carbocycles. The Balaban J connectivity index is -0.0000000331. The molecule has 432 valence electrons. The molecule has 0 saturated heterocycles. The summed E-state index contributed by atoms with van der Waals surface area (Å²) in [4.78, 5) is 36.5. The Morgan fingerprint density at radius 1 is 0.366 bits per heavy atom. The number of hydroxylamine groups is 2. The van der Waals surface area contributed by atoms with E-state index in [2.05, 4.69) is 27.5 Å². The van der Waals surface area contributed by atoms with Gasteiger partial charge in [0, 0.05) is 63.1 Å². The molecule has 6 aromatic rings. The quantitative estimate of drug-likeness (QED) is 0.0241. The van der Waals surface area contributed by atoms with Crippen molar-refractivity contribution in [3.05, 3.63) is 185 Å². The number of carbonyl (C=O) groups excluding carboxylic acids is 2. The number of hydrogen-bond donors (Lipinski definition) is 1. The molecule has 0 atom stereocenters. The first-order valence-electron chi connectivity index (χ1n) is 46.6. The number of hydrogen-bond acceptors (Lipinski definition) is 9. The number of nitrogens with zero attached hydrogens (tertiary/aromatic N) is 5. The van der Waals surface area contributed by atoms with Crippen molar-refractivity contribution >= 4 is 1630 Å². The van der Waals surface area contributed by atoms with Crippen LogP contribution < -0.4 is 71.8 Å². The van der Waals surface area contributed by atoms with Gasteiger partial charge in [-0.2, -0.15) is 4.99 Å². The van der Waals surface area contributed by atoms with Crippen molar-refractivity contribution in [2.45, 2.75) is 47.8 Å². The molecule has 6 rings (SSSR count). The fourth-order valence-corrected chi connectivity index (χ4v) is 6.16. The minimum absolute atomic E-state index is 0. The Kier molecular flexibility index (Phi) is 596. The molecule has 0 aliphatic rings. The zero-order valence-corrected chi connectivity index (χ0v) is 251. The molecule has 0 radical (unpaired) electrons. The van der Waals surface area contributed by atoms with E-state index in [4.69, 9.17) is 29.8 Å². The molecule has 0 aliphatic carbocycles. The SMILES string of the molecule is C.C.C#CCN(Cc1ccc(F)cc1)c1ccc(CC(=O)N(C)OC)cc1.C#CCN(Cc1ccc(F)cc1)c1ccc(N)cc1.C#CCN(Cc1ccc(F)cc1)c1ccc(N=C=O)cc1.CCOC.Cl.[H-].[K+].[K][K].[K][K].[K][K].[K][K].[K][K].[K][K].[K][K].[K][K].[K][K].[K][K].[K][K].[K][K].[K][K].[K][K].[K][K].[K][K].[K][K].[K][K].[K][K].[K][K].[K][K].[K][K].[K][K].[K][K].[K][K]. The number of methoxy groups -OCH3 is 1. The van der Waals surface area contributed by atoms with Gasteiger partial charge >= 0.3 is 1630 Å². The summed E-state index contributed by atoms with van der Waals surface area (Å²) in [5.41, 5.74) is 13.6. The Bertz CT molecular complexity index is 2740. The second kappa shape index (κ2) is 278. The number of aliphatic imine (C=N–C) groups is 1. The molecule has 0 spiro atoms. The molecule has 10 nitrogen and oxygen atoms in total. The van der Waals surface area contributed by atoms with Crippen molar-refractivity contribution in [3.8, 4) is 37.0 Å². The normalized spacial score (nSPS) is 7.09. The van der Waals surface area contributed by atoms with Gasteiger partial charge in [0.05, 0.1) is 38.9 Å². The van der Waals surface area contributed by atoms with Crippen LogP contribution in [0.25, 0.3) is 0 Å². The van der Waals surface area contributed by atoms with Crippen LogP contribution in [0.15, 0.2) is 151 Å². The molecule has 6 aromatic carbocycles. The van der Waals surface area contributed by atoms with Gasteiger partial charge in [0.25, 0.3) is 0 Å². The van der Waals surface area contributed by atoms with E-state index < -0.39 is 0 Å². The van der Waals surface area contributed by atoms with Crippen molar-refractivity contribution in [2.75, 3.05) is 67.9 Å². The molecule has 0 aliphatic heterocycles. The number of nitrogen functional groups attached to an aromatic ring is 1. The van der Waals surface area contributed by atoms with Gasteiger partial charge in [-0.3, -0.25) is 9.63 Å². The van der Waals surface area contributed by atoms with Crippen LogP contribution in [0.5, 0.6) is 0 Å². The monoisotopic (exact) mass is 2990 g/mol. The number of ether oxygens (including phenoxy) is 1. The van der Waals surface area contributed by atoms with Crippen molar-refractivity contribution in [2.24, 2.45) is 4.99 Å². The fraction of sp³-hybridized carbons (Fsp3) is 0.241. The average molecular weight is 3000 g/mol. The van der Waals surface area contributed by atoms with E-state index in [1.807, 2.05) is 82.3 Å². The summed E-state index contributed by atoms with van der Waals surface area (Å²) < 4.78 is 43.4. The van der Waals surface area contributed by atoms with Gasteiger partial charge in [-0.1, -0.05) is 81.1 Å². The Hall–Kier alpha value is 75.5. The van der Waals surface area contributed by atoms with E-state index >= 15 is 0 Å². The number of terminal acetylenes is 3. The standard InChI is InChI=1S/C20H21FN2O2.C17H13FN2O.C16H15FN2.C3H8O.2CH4.ClH.51K.H/c1-4-13-23(15-17-5-9-18(21)10-6-17)19-11-7-16(8-12-19)14-20(24)22(2)25-3;1-2-11-20(12-14-3-5-15(18)6-4-14)17-9-7-16(8-10-17)19-13-21;1-2-11-19(16-9-7-15(18)8-10-16)12-13-3-5-14(17)6-4-13;1-3-4-2;;;;;;;;;;;;;;;;;;;;;;;;;;;;;;;;;;;;;;;;;;;;;;;;;;;;;;;/h1,5-12H,13-15H2,2-3H3;1,3-10H,11-12H2;1,3-10H,11-12,18H2;3H2,1-2H3;2*1H4;1H;;;;;;;;;;;;;;;;;;;;;;;;;;;;;;;;;;;;;;;;;;;;;;;;;;;;/q;;;;;;;;;;;;;;;;;;;;;;;;;;;;;;;;;;;;;;;;;;;;;;;;;;;;;;;;;+1;-1. The first-order valence-corrected chi connectivity index (χ1v) is 447. The van der Waals surface area contributed by atoms with Crippen LogP contribution >= 0.6 is 12.4 Å². The average Bonchev–Trinajstić information content (AvgIpc) is 0.868. The van der Waals surface area contributed by atoms with Crippen LogP contribution in [-0.4, -0.2) is 1640 Å². The van der Waals surface area contributed by atoms with Gasteiger partial charge in [0.1, 0.15) is 17.5 Å². The molecule has 65 heteroatoms. The molecule has 0 bridgehead atoms. The number of isocyanates is 1. The maximum absolute atomic E-state index is 13.0. The molecule has 2 N–H and O–H groups in total. The summed E-state index contributed by atoms with van der Waals surface area (Å²) in [6, 6.07) is 41.3. The van der Waals surface area contributed by atoms with Crippen molar-refractivity contribution in [3.63, 3.8) is 0 Å². The fourth-order valence-electron chi connectivity index (χ4n) is 6.16. The summed E-state index contributed by atoms with van der Waals surface area (Å²) >= 11 is 62.5. The van der Waals surface area contributed by atoms with E-state index in [9.17, 15) is 22.8 Å². The number of benzene rings is 6. The van der Waals surface area contributed by atoms with Crippen LogP contribution in [0.3, 0.4) is 0 Å². The Labute approximate surface area is 1940 Å². The number of rotatable bonds is 17. The summed E-state index contributed by atoms with van der Waals surface area (Å²) in [5, 5.41) is 1.20. The van der Waals surface area contributed by atoms with E-state index in [1.54, 1.807) is 62.7 Å². The molecular formula is C58H67ClF3K51N6O4.